The smallest absolute Gasteiger partial charge is 0.139 e. The van der Waals surface area contributed by atoms with Crippen molar-refractivity contribution >= 4 is 22.4 Å². The molecule has 2 heterocycles. The van der Waals surface area contributed by atoms with Gasteiger partial charge in [-0.2, -0.15) is 4.37 Å². The van der Waals surface area contributed by atoms with Gasteiger partial charge in [0, 0.05) is 12.7 Å². The molecule has 0 amide bonds. The van der Waals surface area contributed by atoms with E-state index in [0.29, 0.717) is 18.0 Å². The Morgan fingerprint density at radius 2 is 2.64 bits per heavy atom. The van der Waals surface area contributed by atoms with Crippen LogP contribution in [0.2, 0.25) is 0 Å². The van der Waals surface area contributed by atoms with Crippen LogP contribution in [0.25, 0.3) is 0 Å². The minimum Gasteiger partial charge on any atom is -0.383 e. The van der Waals surface area contributed by atoms with Crippen LogP contribution in [0, 0.1) is 0 Å². The lowest BCUT2D eigenvalue weighted by molar-refractivity contribution is 0.0997. The highest BCUT2D eigenvalue weighted by Gasteiger charge is 2.22. The first kappa shape index (κ1) is 9.73. The van der Waals surface area contributed by atoms with E-state index in [2.05, 4.69) is 16.6 Å². The van der Waals surface area contributed by atoms with Crippen molar-refractivity contribution in [2.75, 3.05) is 17.7 Å². The average Bonchev–Trinajstić information content (AvgIpc) is 2.75. The van der Waals surface area contributed by atoms with Gasteiger partial charge in [0.1, 0.15) is 10.8 Å². The van der Waals surface area contributed by atoms with Crippen LogP contribution in [0.15, 0.2) is 6.07 Å². The molecule has 1 aromatic rings. The molecular weight excluding hydrogens is 198 g/mol. The molecule has 2 unspecified atom stereocenters. The fraction of sp³-hybridized carbons (Fsp3) is 0.667. The van der Waals surface area contributed by atoms with Crippen molar-refractivity contribution in [3.8, 4) is 0 Å². The maximum absolute atomic E-state index is 5.58. The maximum Gasteiger partial charge on any atom is 0.139 e. The van der Waals surface area contributed by atoms with Crippen LogP contribution >= 0.6 is 11.5 Å². The van der Waals surface area contributed by atoms with E-state index in [0.717, 1.165) is 18.0 Å². The summed E-state index contributed by atoms with van der Waals surface area (Å²) in [6.45, 7) is 3.02. The molecule has 78 valence electrons. The van der Waals surface area contributed by atoms with Crippen molar-refractivity contribution in [2.45, 2.75) is 31.9 Å². The maximum atomic E-state index is 5.58. The number of nitrogens with two attached hydrogens (primary N) is 1. The van der Waals surface area contributed by atoms with Gasteiger partial charge in [0.05, 0.1) is 12.1 Å². The van der Waals surface area contributed by atoms with Gasteiger partial charge in [-0.25, -0.2) is 0 Å². The second-order valence-corrected chi connectivity index (χ2v) is 4.41. The Morgan fingerprint density at radius 3 is 3.21 bits per heavy atom. The number of aromatic nitrogens is 1. The third-order valence-corrected chi connectivity index (χ3v) is 3.16. The summed E-state index contributed by atoms with van der Waals surface area (Å²) in [6, 6.07) is 2.19. The van der Waals surface area contributed by atoms with Crippen molar-refractivity contribution in [3.63, 3.8) is 0 Å². The first-order valence-electron chi connectivity index (χ1n) is 4.86. The zero-order valence-corrected chi connectivity index (χ0v) is 9.01. The van der Waals surface area contributed by atoms with Gasteiger partial charge in [0.25, 0.3) is 0 Å². The molecule has 5 heteroatoms. The topological polar surface area (TPSA) is 60.2 Å². The molecule has 0 bridgehead atoms. The molecule has 0 radical (unpaired) electrons. The quantitative estimate of drug-likeness (QED) is 0.802. The highest BCUT2D eigenvalue weighted by atomic mass is 32.1. The van der Waals surface area contributed by atoms with E-state index < -0.39 is 0 Å². The van der Waals surface area contributed by atoms with Gasteiger partial charge in [0.2, 0.25) is 0 Å². The number of ether oxygens (including phenoxy) is 1. The van der Waals surface area contributed by atoms with Crippen molar-refractivity contribution in [2.24, 2.45) is 0 Å². The number of anilines is 2. The lowest BCUT2D eigenvalue weighted by Crippen LogP contribution is -2.29. The minimum atomic E-state index is 0.331. The van der Waals surface area contributed by atoms with E-state index in [4.69, 9.17) is 10.5 Å². The normalized spacial score (nSPS) is 23.6. The molecule has 1 aromatic heterocycles. The van der Waals surface area contributed by atoms with Gasteiger partial charge in [-0.05, 0) is 31.3 Å². The van der Waals surface area contributed by atoms with Crippen LogP contribution in [0.3, 0.4) is 0 Å². The number of rotatable bonds is 3. The van der Waals surface area contributed by atoms with Gasteiger partial charge in [-0.15, -0.1) is 0 Å². The third kappa shape index (κ3) is 2.16. The van der Waals surface area contributed by atoms with Crippen LogP contribution in [-0.2, 0) is 4.74 Å². The Bertz CT molecular complexity index is 296. The average molecular weight is 213 g/mol. The molecule has 1 saturated heterocycles. The Kier molecular flexibility index (Phi) is 2.88. The molecule has 0 saturated carbocycles. The highest BCUT2D eigenvalue weighted by Crippen LogP contribution is 2.22. The summed E-state index contributed by atoms with van der Waals surface area (Å²) in [5.41, 5.74) is 5.54. The fourth-order valence-electron chi connectivity index (χ4n) is 1.67. The molecule has 1 fully saturated rings. The standard InChI is InChI=1S/C9H15N3OS/c1-6(7-3-2-4-13-7)11-9-5-8(10)12-14-9/h5-7,11H,2-4H2,1H3,(H2,10,12). The number of nitrogens with zero attached hydrogens (tertiary/aromatic N) is 1. The van der Waals surface area contributed by atoms with Gasteiger partial charge in [-0.1, -0.05) is 0 Å². The Hall–Kier alpha value is -0.810. The molecule has 1 aliphatic rings. The molecule has 2 atom stereocenters. The monoisotopic (exact) mass is 213 g/mol. The second-order valence-electron chi connectivity index (χ2n) is 3.60. The molecule has 14 heavy (non-hydrogen) atoms. The van der Waals surface area contributed by atoms with Crippen molar-refractivity contribution in [1.29, 1.82) is 0 Å². The summed E-state index contributed by atoms with van der Waals surface area (Å²) in [7, 11) is 0. The van der Waals surface area contributed by atoms with E-state index >= 15 is 0 Å². The molecular formula is C9H15N3OS. The Balaban J connectivity index is 1.90. The van der Waals surface area contributed by atoms with Crippen molar-refractivity contribution in [3.05, 3.63) is 6.07 Å². The number of hydrogen-bond acceptors (Lipinski definition) is 5. The number of nitrogen functional groups attached to an aromatic ring is 1. The first-order valence-corrected chi connectivity index (χ1v) is 5.63. The lowest BCUT2D eigenvalue weighted by Gasteiger charge is -2.19. The minimum absolute atomic E-state index is 0.331. The van der Waals surface area contributed by atoms with E-state index in [9.17, 15) is 0 Å². The first-order chi connectivity index (χ1) is 6.75. The zero-order chi connectivity index (χ0) is 9.97. The van der Waals surface area contributed by atoms with E-state index in [1.54, 1.807) is 0 Å². The summed E-state index contributed by atoms with van der Waals surface area (Å²) in [5.74, 6) is 0.581. The summed E-state index contributed by atoms with van der Waals surface area (Å²) in [6.07, 6.45) is 2.64. The van der Waals surface area contributed by atoms with Crippen LogP contribution in [-0.4, -0.2) is 23.1 Å². The van der Waals surface area contributed by atoms with Crippen LogP contribution in [0.1, 0.15) is 19.8 Å². The summed E-state index contributed by atoms with van der Waals surface area (Å²) in [5, 5.41) is 4.37. The summed E-state index contributed by atoms with van der Waals surface area (Å²) < 4.78 is 9.60. The van der Waals surface area contributed by atoms with Gasteiger partial charge < -0.3 is 15.8 Å². The SMILES string of the molecule is CC(Nc1cc(N)ns1)C1CCCO1. The van der Waals surface area contributed by atoms with E-state index in [-0.39, 0.29) is 0 Å². The van der Waals surface area contributed by atoms with Gasteiger partial charge in [0.15, 0.2) is 0 Å². The molecule has 0 aromatic carbocycles. The highest BCUT2D eigenvalue weighted by molar-refractivity contribution is 7.10. The number of hydrogen-bond donors (Lipinski definition) is 2. The molecule has 0 aliphatic carbocycles. The van der Waals surface area contributed by atoms with Crippen LogP contribution in [0.5, 0.6) is 0 Å². The molecule has 1 aliphatic heterocycles. The van der Waals surface area contributed by atoms with Crippen molar-refractivity contribution < 1.29 is 4.74 Å². The summed E-state index contributed by atoms with van der Waals surface area (Å²) in [4.78, 5) is 0. The summed E-state index contributed by atoms with van der Waals surface area (Å²) >= 11 is 1.39. The second kappa shape index (κ2) is 4.14. The Morgan fingerprint density at radius 1 is 1.79 bits per heavy atom. The third-order valence-electron chi connectivity index (χ3n) is 2.42. The molecule has 0 spiro atoms. The van der Waals surface area contributed by atoms with Crippen molar-refractivity contribution in [1.82, 2.24) is 4.37 Å². The Labute approximate surface area is 87.6 Å². The molecule has 2 rings (SSSR count). The predicted octanol–water partition coefficient (Wildman–Crippen LogP) is 1.70. The molecule has 4 nitrogen and oxygen atoms in total. The van der Waals surface area contributed by atoms with Gasteiger partial charge in [-0.3, -0.25) is 0 Å². The largest absolute Gasteiger partial charge is 0.383 e. The zero-order valence-electron chi connectivity index (χ0n) is 8.19. The van der Waals surface area contributed by atoms with E-state index in [1.165, 1.54) is 18.0 Å². The van der Waals surface area contributed by atoms with E-state index in [1.807, 2.05) is 6.07 Å². The van der Waals surface area contributed by atoms with Crippen LogP contribution < -0.4 is 11.1 Å². The van der Waals surface area contributed by atoms with Crippen LogP contribution in [0.4, 0.5) is 10.8 Å². The number of nitrogens with one attached hydrogen (secondary N) is 1. The lowest BCUT2D eigenvalue weighted by atomic mass is 10.1. The van der Waals surface area contributed by atoms with Gasteiger partial charge >= 0.3 is 0 Å². The predicted molar refractivity (Wildman–Crippen MR) is 58.6 cm³/mol. The molecule has 3 N–H and O–H groups in total. The fourth-order valence-corrected chi connectivity index (χ4v) is 2.34.